The Bertz CT molecular complexity index is 1130. The molecule has 3 aliphatic rings. The van der Waals surface area contributed by atoms with Gasteiger partial charge in [0.2, 0.25) is 0 Å². The van der Waals surface area contributed by atoms with Gasteiger partial charge in [0, 0.05) is 29.5 Å². The summed E-state index contributed by atoms with van der Waals surface area (Å²) in [5.41, 5.74) is 8.69. The van der Waals surface area contributed by atoms with E-state index < -0.39 is 6.10 Å². The van der Waals surface area contributed by atoms with E-state index in [2.05, 4.69) is 11.4 Å². The molecule has 4 N–H and O–H groups in total. The zero-order valence-electron chi connectivity index (χ0n) is 20.0. The van der Waals surface area contributed by atoms with Crippen molar-refractivity contribution in [3.05, 3.63) is 71.1 Å². The summed E-state index contributed by atoms with van der Waals surface area (Å²) in [6.07, 6.45) is 3.74. The van der Waals surface area contributed by atoms with Crippen LogP contribution in [0.2, 0.25) is 0 Å². The van der Waals surface area contributed by atoms with Gasteiger partial charge in [0.05, 0.1) is 52.1 Å². The number of allylic oxidation sites excluding steroid dienone is 1. The molecule has 3 aliphatic heterocycles. The van der Waals surface area contributed by atoms with Crippen molar-refractivity contribution in [3.63, 3.8) is 0 Å². The number of hydrogen-bond donors (Lipinski definition) is 3. The van der Waals surface area contributed by atoms with E-state index in [1.807, 2.05) is 42.5 Å². The van der Waals surface area contributed by atoms with Crippen molar-refractivity contribution >= 4 is 0 Å². The summed E-state index contributed by atoms with van der Waals surface area (Å²) in [7, 11) is 3.25. The summed E-state index contributed by atoms with van der Waals surface area (Å²) in [5, 5.41) is 14.5. The van der Waals surface area contributed by atoms with Crippen molar-refractivity contribution in [1.82, 2.24) is 5.32 Å². The van der Waals surface area contributed by atoms with Crippen LogP contribution >= 0.6 is 0 Å². The molecule has 3 heterocycles. The molecule has 0 radical (unpaired) electrons. The van der Waals surface area contributed by atoms with Crippen molar-refractivity contribution in [1.29, 1.82) is 0 Å². The average molecular weight is 481 g/mol. The van der Waals surface area contributed by atoms with Crippen LogP contribution in [0.1, 0.15) is 29.8 Å². The van der Waals surface area contributed by atoms with E-state index in [1.165, 1.54) is 0 Å². The predicted octanol–water partition coefficient (Wildman–Crippen LogP) is 3.23. The van der Waals surface area contributed by atoms with Crippen LogP contribution in [0.25, 0.3) is 0 Å². The third-order valence-electron chi connectivity index (χ3n) is 6.97. The van der Waals surface area contributed by atoms with Crippen molar-refractivity contribution < 1.29 is 28.8 Å². The fourth-order valence-corrected chi connectivity index (χ4v) is 5.04. The second-order valence-electron chi connectivity index (χ2n) is 9.00. The van der Waals surface area contributed by atoms with Crippen LogP contribution in [-0.2, 0) is 4.74 Å². The molecule has 186 valence electrons. The lowest BCUT2D eigenvalue weighted by molar-refractivity contribution is -0.0832. The van der Waals surface area contributed by atoms with E-state index in [4.69, 9.17) is 29.4 Å². The molecule has 0 aliphatic carbocycles. The van der Waals surface area contributed by atoms with Crippen LogP contribution in [0.3, 0.4) is 0 Å². The molecule has 5 rings (SSSR count). The first-order valence-corrected chi connectivity index (χ1v) is 11.9. The number of fused-ring (bicyclic) bond motifs is 2. The van der Waals surface area contributed by atoms with Crippen LogP contribution in [0.4, 0.5) is 0 Å². The summed E-state index contributed by atoms with van der Waals surface area (Å²) in [5.74, 6) is 3.15. The Kier molecular flexibility index (Phi) is 6.74. The van der Waals surface area contributed by atoms with Gasteiger partial charge in [-0.3, -0.25) is 0 Å². The molecule has 0 aromatic heterocycles. The number of benzene rings is 2. The van der Waals surface area contributed by atoms with Gasteiger partial charge in [0.1, 0.15) is 23.0 Å². The smallest absolute Gasteiger partial charge is 0.125 e. The quantitative estimate of drug-likeness (QED) is 0.555. The lowest BCUT2D eigenvalue weighted by Crippen LogP contribution is -2.41. The lowest BCUT2D eigenvalue weighted by Gasteiger charge is -2.41. The second-order valence-corrected chi connectivity index (χ2v) is 9.00. The van der Waals surface area contributed by atoms with Crippen LogP contribution in [0.5, 0.6) is 23.0 Å². The van der Waals surface area contributed by atoms with Gasteiger partial charge in [0.15, 0.2) is 0 Å². The summed E-state index contributed by atoms with van der Waals surface area (Å²) in [6, 6.07) is 11.3. The molecule has 2 aromatic rings. The Morgan fingerprint density at radius 2 is 1.63 bits per heavy atom. The Balaban J connectivity index is 1.41. The molecule has 35 heavy (non-hydrogen) atoms. The Morgan fingerprint density at radius 1 is 0.971 bits per heavy atom. The van der Waals surface area contributed by atoms with E-state index >= 15 is 0 Å². The van der Waals surface area contributed by atoms with Crippen LogP contribution in [0, 0.1) is 11.8 Å². The van der Waals surface area contributed by atoms with Gasteiger partial charge in [-0.25, -0.2) is 0 Å². The maximum atomic E-state index is 11.4. The van der Waals surface area contributed by atoms with E-state index in [0.29, 0.717) is 43.7 Å². The van der Waals surface area contributed by atoms with Crippen molar-refractivity contribution in [2.75, 3.05) is 40.6 Å². The topological polar surface area (TPSA) is 104 Å². The average Bonchev–Trinajstić information content (AvgIpc) is 2.89. The lowest BCUT2D eigenvalue weighted by atomic mass is 9.77. The predicted molar refractivity (Wildman–Crippen MR) is 131 cm³/mol. The number of hydrogen-bond acceptors (Lipinski definition) is 8. The molecule has 8 heteroatoms. The number of methoxy groups -OCH3 is 2. The molecule has 4 atom stereocenters. The summed E-state index contributed by atoms with van der Waals surface area (Å²) < 4.78 is 29.6. The highest BCUT2D eigenvalue weighted by atomic mass is 16.5. The van der Waals surface area contributed by atoms with Gasteiger partial charge >= 0.3 is 0 Å². The molecule has 0 bridgehead atoms. The van der Waals surface area contributed by atoms with Gasteiger partial charge in [0.25, 0.3) is 0 Å². The second kappa shape index (κ2) is 10.1. The van der Waals surface area contributed by atoms with E-state index in [1.54, 1.807) is 14.2 Å². The highest BCUT2D eigenvalue weighted by molar-refractivity contribution is 5.45. The molecule has 2 aromatic carbocycles. The minimum absolute atomic E-state index is 0.133. The summed E-state index contributed by atoms with van der Waals surface area (Å²) >= 11 is 0. The third kappa shape index (κ3) is 4.76. The molecule has 4 unspecified atom stereocenters. The van der Waals surface area contributed by atoms with E-state index in [9.17, 15) is 5.11 Å². The van der Waals surface area contributed by atoms with E-state index in [0.717, 1.165) is 34.6 Å². The summed E-state index contributed by atoms with van der Waals surface area (Å²) in [6.45, 7) is 1.99. The normalized spacial score (nSPS) is 25.0. The Morgan fingerprint density at radius 3 is 2.31 bits per heavy atom. The largest absolute Gasteiger partial charge is 0.497 e. The van der Waals surface area contributed by atoms with Crippen molar-refractivity contribution in [2.45, 2.75) is 18.6 Å². The SMILES string of the molecule is COc1ccc2c(c1)C(O)C(C1COc3ccc(OC)cc3C1OCCC1=CCNC(N)=C1)CO2. The Hall–Kier alpha value is -3.36. The van der Waals surface area contributed by atoms with Crippen LogP contribution < -0.4 is 30.0 Å². The number of aliphatic hydroxyl groups excluding tert-OH is 1. The zero-order valence-corrected chi connectivity index (χ0v) is 20.0. The van der Waals surface area contributed by atoms with E-state index in [-0.39, 0.29) is 17.9 Å². The summed E-state index contributed by atoms with van der Waals surface area (Å²) in [4.78, 5) is 0. The number of nitrogens with two attached hydrogens (primary N) is 1. The highest BCUT2D eigenvalue weighted by Crippen LogP contribution is 2.48. The molecule has 0 amide bonds. The first-order valence-electron chi connectivity index (χ1n) is 11.9. The molecule has 0 saturated carbocycles. The maximum absolute atomic E-state index is 11.4. The maximum Gasteiger partial charge on any atom is 0.125 e. The number of ether oxygens (including phenoxy) is 5. The van der Waals surface area contributed by atoms with Gasteiger partial charge in [-0.2, -0.15) is 0 Å². The van der Waals surface area contributed by atoms with Gasteiger partial charge < -0.3 is 39.8 Å². The molecular weight excluding hydrogens is 448 g/mol. The first kappa shape index (κ1) is 23.4. The fourth-order valence-electron chi connectivity index (χ4n) is 5.04. The van der Waals surface area contributed by atoms with Crippen LogP contribution in [0.15, 0.2) is 59.9 Å². The molecule has 0 fully saturated rings. The van der Waals surface area contributed by atoms with Gasteiger partial charge in [-0.1, -0.05) is 6.08 Å². The number of dihydropyridines is 1. The monoisotopic (exact) mass is 480 g/mol. The zero-order chi connectivity index (χ0) is 24.4. The first-order chi connectivity index (χ1) is 17.1. The highest BCUT2D eigenvalue weighted by Gasteiger charge is 2.43. The van der Waals surface area contributed by atoms with Gasteiger partial charge in [-0.15, -0.1) is 0 Å². The standard InChI is InChI=1S/C27H32N2O6/c1-31-17-3-5-23-19(12-17)26(30)21(14-34-23)22-15-35-24-6-4-18(32-2)13-20(24)27(22)33-10-8-16-7-9-29-25(28)11-16/h3-7,11-13,21-22,26-27,29-30H,8-10,14-15,28H2,1-2H3. The fraction of sp³-hybridized carbons (Fsp3) is 0.407. The van der Waals surface area contributed by atoms with Crippen molar-refractivity contribution in [2.24, 2.45) is 17.6 Å². The third-order valence-corrected chi connectivity index (χ3v) is 6.97. The minimum atomic E-state index is -0.740. The van der Waals surface area contributed by atoms with Crippen LogP contribution in [-0.4, -0.2) is 45.7 Å². The number of nitrogens with one attached hydrogen (secondary N) is 1. The van der Waals surface area contributed by atoms with Gasteiger partial charge in [-0.05, 0) is 54.5 Å². The number of aliphatic hydroxyl groups is 1. The number of rotatable bonds is 7. The molecule has 8 nitrogen and oxygen atoms in total. The molecule has 0 saturated heterocycles. The Labute approximate surface area is 205 Å². The van der Waals surface area contributed by atoms with Crippen molar-refractivity contribution in [3.8, 4) is 23.0 Å². The molecule has 0 spiro atoms. The minimum Gasteiger partial charge on any atom is -0.497 e. The molecular formula is C27H32N2O6.